The second-order valence-corrected chi connectivity index (χ2v) is 4.77. The predicted molar refractivity (Wildman–Crippen MR) is 74.4 cm³/mol. The molecule has 106 valence electrons. The summed E-state index contributed by atoms with van der Waals surface area (Å²) in [7, 11) is 1.84. The van der Waals surface area contributed by atoms with Crippen molar-refractivity contribution in [1.29, 1.82) is 0 Å². The van der Waals surface area contributed by atoms with Gasteiger partial charge in [0.05, 0.1) is 0 Å². The fourth-order valence-electron chi connectivity index (χ4n) is 2.27. The number of hydrogen-bond acceptors (Lipinski definition) is 5. The summed E-state index contributed by atoms with van der Waals surface area (Å²) >= 11 is 0. The molecule has 1 aromatic heterocycles. The van der Waals surface area contributed by atoms with Gasteiger partial charge in [0.2, 0.25) is 5.88 Å². The summed E-state index contributed by atoms with van der Waals surface area (Å²) < 4.78 is 11.3. The van der Waals surface area contributed by atoms with Crippen LogP contribution in [-0.2, 0) is 11.3 Å². The van der Waals surface area contributed by atoms with Crippen molar-refractivity contribution < 1.29 is 9.47 Å². The highest BCUT2D eigenvalue weighted by molar-refractivity contribution is 5.37. The topological polar surface area (TPSA) is 56.3 Å². The number of aromatic nitrogens is 2. The van der Waals surface area contributed by atoms with Gasteiger partial charge in [0.15, 0.2) is 5.82 Å². The van der Waals surface area contributed by atoms with Crippen LogP contribution in [0.1, 0.15) is 44.9 Å². The van der Waals surface area contributed by atoms with Gasteiger partial charge in [0.25, 0.3) is 0 Å². The second kappa shape index (κ2) is 7.28. The highest BCUT2D eigenvalue weighted by Gasteiger charge is 2.16. The van der Waals surface area contributed by atoms with E-state index in [9.17, 15) is 0 Å². The number of ether oxygens (including phenoxy) is 2. The minimum Gasteiger partial charge on any atom is -0.474 e. The van der Waals surface area contributed by atoms with E-state index in [1.54, 1.807) is 0 Å². The van der Waals surface area contributed by atoms with Gasteiger partial charge in [-0.25, -0.2) is 4.98 Å². The fourth-order valence-corrected chi connectivity index (χ4v) is 2.27. The first-order valence-electron chi connectivity index (χ1n) is 7.12. The van der Waals surface area contributed by atoms with Gasteiger partial charge in [0.1, 0.15) is 18.5 Å². The number of rotatable bonds is 6. The van der Waals surface area contributed by atoms with Gasteiger partial charge in [0, 0.05) is 19.7 Å². The number of anilines is 1. The monoisotopic (exact) mass is 265 g/mol. The second-order valence-electron chi connectivity index (χ2n) is 4.77. The highest BCUT2D eigenvalue weighted by Crippen LogP contribution is 2.23. The van der Waals surface area contributed by atoms with Gasteiger partial charge in [-0.2, -0.15) is 4.98 Å². The van der Waals surface area contributed by atoms with Crippen LogP contribution in [0, 0.1) is 0 Å². The molecular formula is C14H23N3O2. The molecular weight excluding hydrogens is 242 g/mol. The molecule has 1 aromatic rings. The third-order valence-corrected chi connectivity index (χ3v) is 3.28. The molecule has 5 nitrogen and oxygen atoms in total. The lowest BCUT2D eigenvalue weighted by atomic mass is 9.98. The van der Waals surface area contributed by atoms with Crippen LogP contribution >= 0.6 is 0 Å². The Kier molecular flexibility index (Phi) is 5.39. The zero-order valence-corrected chi connectivity index (χ0v) is 11.8. The lowest BCUT2D eigenvalue weighted by Crippen LogP contribution is -2.20. The molecule has 0 spiro atoms. The summed E-state index contributed by atoms with van der Waals surface area (Å²) in [6, 6.07) is 1.85. The van der Waals surface area contributed by atoms with E-state index in [4.69, 9.17) is 9.47 Å². The van der Waals surface area contributed by atoms with Crippen molar-refractivity contribution in [3.63, 3.8) is 0 Å². The van der Waals surface area contributed by atoms with Gasteiger partial charge >= 0.3 is 0 Å². The molecule has 0 saturated heterocycles. The summed E-state index contributed by atoms with van der Waals surface area (Å²) in [4.78, 5) is 8.77. The molecule has 0 bridgehead atoms. The summed E-state index contributed by atoms with van der Waals surface area (Å²) in [5.74, 6) is 2.09. The van der Waals surface area contributed by atoms with Crippen LogP contribution in [0.25, 0.3) is 0 Å². The molecule has 1 N–H and O–H groups in total. The highest BCUT2D eigenvalue weighted by atomic mass is 16.5. The first kappa shape index (κ1) is 14.1. The maximum Gasteiger partial charge on any atom is 0.219 e. The number of nitrogens with one attached hydrogen (secondary N) is 1. The van der Waals surface area contributed by atoms with Crippen molar-refractivity contribution in [2.75, 3.05) is 19.0 Å². The van der Waals surface area contributed by atoms with Crippen molar-refractivity contribution >= 4 is 5.82 Å². The largest absolute Gasteiger partial charge is 0.474 e. The quantitative estimate of drug-likeness (QED) is 0.857. The molecule has 1 saturated carbocycles. The molecule has 0 atom stereocenters. The number of nitrogens with zero attached hydrogens (tertiary/aromatic N) is 2. The predicted octanol–water partition coefficient (Wildman–Crippen LogP) is 2.77. The summed E-state index contributed by atoms with van der Waals surface area (Å²) in [5.41, 5.74) is 0. The molecule has 19 heavy (non-hydrogen) atoms. The average Bonchev–Trinajstić information content (AvgIpc) is 2.46. The first-order valence-corrected chi connectivity index (χ1v) is 7.12. The van der Waals surface area contributed by atoms with E-state index in [2.05, 4.69) is 15.3 Å². The summed E-state index contributed by atoms with van der Waals surface area (Å²) in [5, 5.41) is 3.03. The molecule has 1 aliphatic rings. The van der Waals surface area contributed by atoms with Crippen molar-refractivity contribution in [3.05, 3.63) is 11.9 Å². The Bertz CT molecular complexity index is 392. The molecule has 2 rings (SSSR count). The first-order chi connectivity index (χ1) is 9.31. The SMILES string of the molecule is CCOCc1nc(NC)cc(OC2CCCCC2)n1. The molecule has 1 aliphatic carbocycles. The van der Waals surface area contributed by atoms with Crippen LogP contribution in [0.2, 0.25) is 0 Å². The zero-order chi connectivity index (χ0) is 13.5. The minimum absolute atomic E-state index is 0.299. The normalized spacial score (nSPS) is 16.3. The van der Waals surface area contributed by atoms with E-state index >= 15 is 0 Å². The van der Waals surface area contributed by atoms with Crippen molar-refractivity contribution in [3.8, 4) is 5.88 Å². The standard InChI is InChI=1S/C14H23N3O2/c1-3-18-10-13-16-12(15-2)9-14(17-13)19-11-7-5-4-6-8-11/h9,11H,3-8,10H2,1-2H3,(H,15,16,17). The van der Waals surface area contributed by atoms with Crippen LogP contribution < -0.4 is 10.1 Å². The lowest BCUT2D eigenvalue weighted by molar-refractivity contribution is 0.123. The van der Waals surface area contributed by atoms with E-state index < -0.39 is 0 Å². The van der Waals surface area contributed by atoms with Crippen LogP contribution in [0.5, 0.6) is 5.88 Å². The molecule has 0 unspecified atom stereocenters. The Labute approximate surface area is 114 Å². The van der Waals surface area contributed by atoms with Crippen LogP contribution in [0.4, 0.5) is 5.82 Å². The third kappa shape index (κ3) is 4.35. The van der Waals surface area contributed by atoms with E-state index in [0.717, 1.165) is 18.7 Å². The molecule has 0 radical (unpaired) electrons. The Balaban J connectivity index is 2.04. The Hall–Kier alpha value is -1.36. The maximum absolute atomic E-state index is 5.97. The fraction of sp³-hybridized carbons (Fsp3) is 0.714. The summed E-state index contributed by atoms with van der Waals surface area (Å²) in [6.07, 6.45) is 6.37. The lowest BCUT2D eigenvalue weighted by Gasteiger charge is -2.22. The van der Waals surface area contributed by atoms with Gasteiger partial charge in [-0.05, 0) is 32.6 Å². The Morgan fingerprint density at radius 2 is 2.05 bits per heavy atom. The van der Waals surface area contributed by atoms with Crippen LogP contribution in [0.15, 0.2) is 6.07 Å². The van der Waals surface area contributed by atoms with Crippen LogP contribution in [0.3, 0.4) is 0 Å². The van der Waals surface area contributed by atoms with Crippen LogP contribution in [-0.4, -0.2) is 29.7 Å². The summed E-state index contributed by atoms with van der Waals surface area (Å²) in [6.45, 7) is 3.04. The molecule has 1 fully saturated rings. The third-order valence-electron chi connectivity index (χ3n) is 3.28. The average molecular weight is 265 g/mol. The van der Waals surface area contributed by atoms with Gasteiger partial charge in [-0.3, -0.25) is 0 Å². The van der Waals surface area contributed by atoms with Crippen molar-refractivity contribution in [1.82, 2.24) is 9.97 Å². The van der Waals surface area contributed by atoms with Crippen molar-refractivity contribution in [2.24, 2.45) is 0 Å². The van der Waals surface area contributed by atoms with Gasteiger partial charge in [-0.1, -0.05) is 6.42 Å². The zero-order valence-electron chi connectivity index (χ0n) is 11.8. The smallest absolute Gasteiger partial charge is 0.219 e. The number of hydrogen-bond donors (Lipinski definition) is 1. The van der Waals surface area contributed by atoms with Gasteiger partial charge in [-0.15, -0.1) is 0 Å². The van der Waals surface area contributed by atoms with E-state index in [0.29, 0.717) is 31.0 Å². The molecule has 1 heterocycles. The van der Waals surface area contributed by atoms with E-state index in [1.807, 2.05) is 20.0 Å². The Morgan fingerprint density at radius 3 is 2.74 bits per heavy atom. The van der Waals surface area contributed by atoms with Gasteiger partial charge < -0.3 is 14.8 Å². The Morgan fingerprint density at radius 1 is 1.26 bits per heavy atom. The minimum atomic E-state index is 0.299. The molecule has 0 aromatic carbocycles. The van der Waals surface area contributed by atoms with Crippen molar-refractivity contribution in [2.45, 2.75) is 51.7 Å². The maximum atomic E-state index is 5.97. The molecule has 5 heteroatoms. The van der Waals surface area contributed by atoms with E-state index in [-0.39, 0.29) is 0 Å². The van der Waals surface area contributed by atoms with E-state index in [1.165, 1.54) is 19.3 Å². The molecule has 0 aliphatic heterocycles. The molecule has 0 amide bonds.